The molecule has 2 aliphatic rings. The number of rotatable bonds is 10. The molecule has 0 aliphatic carbocycles. The van der Waals surface area contributed by atoms with Gasteiger partial charge in [-0.1, -0.05) is 12.1 Å². The van der Waals surface area contributed by atoms with Crippen LogP contribution in [0.1, 0.15) is 23.6 Å². The quantitative estimate of drug-likeness (QED) is 0.272. The summed E-state index contributed by atoms with van der Waals surface area (Å²) in [5, 5.41) is 14.7. The van der Waals surface area contributed by atoms with E-state index in [0.717, 1.165) is 49.5 Å². The SMILES string of the molecule is CCNc1ccc(Cc2cc(COP(=O)(N3CC3)N3CC3)ccc2[N+](=O)[O-])cc1. The van der Waals surface area contributed by atoms with Crippen LogP contribution in [0, 0.1) is 10.1 Å². The van der Waals surface area contributed by atoms with E-state index in [0.29, 0.717) is 12.0 Å². The van der Waals surface area contributed by atoms with Crippen molar-refractivity contribution >= 4 is 19.0 Å². The third-order valence-electron chi connectivity index (χ3n) is 5.03. The first-order chi connectivity index (χ1) is 14.0. The zero-order valence-electron chi connectivity index (χ0n) is 16.4. The zero-order chi connectivity index (χ0) is 20.4. The Labute approximate surface area is 170 Å². The van der Waals surface area contributed by atoms with Crippen molar-refractivity contribution in [3.8, 4) is 0 Å². The monoisotopic (exact) mass is 416 g/mol. The Balaban J connectivity index is 1.51. The molecule has 0 radical (unpaired) electrons. The lowest BCUT2D eigenvalue weighted by Gasteiger charge is -2.19. The van der Waals surface area contributed by atoms with E-state index < -0.39 is 7.67 Å². The standard InChI is InChI=1S/C20H25N4O4P/c1-2-21-19-6-3-16(4-7-19)13-18-14-17(5-8-20(18)24(25)26)15-28-29(27,22-9-10-22)23-11-12-23/h3-8,14,21H,2,9-13,15H2,1H3. The van der Waals surface area contributed by atoms with E-state index in [1.165, 1.54) is 6.07 Å². The molecule has 154 valence electrons. The van der Waals surface area contributed by atoms with E-state index in [9.17, 15) is 14.7 Å². The summed E-state index contributed by atoms with van der Waals surface area (Å²) in [4.78, 5) is 11.1. The van der Waals surface area contributed by atoms with Gasteiger partial charge in [0.05, 0.1) is 11.5 Å². The van der Waals surface area contributed by atoms with Crippen LogP contribution in [0.25, 0.3) is 0 Å². The average molecular weight is 416 g/mol. The van der Waals surface area contributed by atoms with Crippen LogP contribution in [-0.2, 0) is 22.1 Å². The molecule has 2 aliphatic heterocycles. The molecule has 2 heterocycles. The number of hydrogen-bond donors (Lipinski definition) is 1. The fourth-order valence-electron chi connectivity index (χ4n) is 3.31. The third-order valence-corrected chi connectivity index (χ3v) is 7.73. The van der Waals surface area contributed by atoms with Gasteiger partial charge >= 0.3 is 7.67 Å². The van der Waals surface area contributed by atoms with Crippen LogP contribution in [-0.4, -0.2) is 47.0 Å². The van der Waals surface area contributed by atoms with Gasteiger partial charge in [0.15, 0.2) is 0 Å². The molecular weight excluding hydrogens is 391 g/mol. The van der Waals surface area contributed by atoms with E-state index >= 15 is 0 Å². The molecule has 2 aromatic rings. The van der Waals surface area contributed by atoms with Crippen LogP contribution in [0.2, 0.25) is 0 Å². The van der Waals surface area contributed by atoms with Crippen LogP contribution in [0.4, 0.5) is 11.4 Å². The Kier molecular flexibility index (Phi) is 5.69. The summed E-state index contributed by atoms with van der Waals surface area (Å²) in [5.41, 5.74) is 3.52. The van der Waals surface area contributed by atoms with Crippen LogP contribution >= 0.6 is 7.67 Å². The topological polar surface area (TPSA) is 87.5 Å². The molecule has 1 N–H and O–H groups in total. The normalized spacial score (nSPS) is 16.6. The first kappa shape index (κ1) is 20.0. The Morgan fingerprint density at radius 2 is 1.69 bits per heavy atom. The van der Waals surface area contributed by atoms with Crippen molar-refractivity contribution in [2.75, 3.05) is 38.0 Å². The summed E-state index contributed by atoms with van der Waals surface area (Å²) in [5.74, 6) is 0. The van der Waals surface area contributed by atoms with Gasteiger partial charge in [-0.25, -0.2) is 9.34 Å². The predicted molar refractivity (Wildman–Crippen MR) is 112 cm³/mol. The number of benzene rings is 2. The number of nitro benzene ring substituents is 1. The Hall–Kier alpha value is -2.25. The smallest absolute Gasteiger partial charge is 0.346 e. The van der Waals surface area contributed by atoms with Gasteiger partial charge in [0.25, 0.3) is 5.69 Å². The number of anilines is 1. The van der Waals surface area contributed by atoms with Crippen molar-refractivity contribution in [3.63, 3.8) is 0 Å². The highest BCUT2D eigenvalue weighted by molar-refractivity contribution is 7.54. The van der Waals surface area contributed by atoms with Gasteiger partial charge in [0.1, 0.15) is 0 Å². The summed E-state index contributed by atoms with van der Waals surface area (Å²) in [6.07, 6.45) is 0.451. The minimum atomic E-state index is -2.91. The largest absolute Gasteiger partial charge is 0.385 e. The van der Waals surface area contributed by atoms with Crippen molar-refractivity contribution < 1.29 is 14.0 Å². The maximum atomic E-state index is 13.1. The maximum absolute atomic E-state index is 13.1. The summed E-state index contributed by atoms with van der Waals surface area (Å²) in [6.45, 7) is 6.22. The molecular formula is C20H25N4O4P. The lowest BCUT2D eigenvalue weighted by atomic mass is 10.0. The molecule has 0 unspecified atom stereocenters. The Morgan fingerprint density at radius 1 is 1.07 bits per heavy atom. The third kappa shape index (κ3) is 4.67. The fourth-order valence-corrected chi connectivity index (χ4v) is 5.50. The number of nitro groups is 1. The molecule has 9 heteroatoms. The summed E-state index contributed by atoms with van der Waals surface area (Å²) >= 11 is 0. The second-order valence-corrected chi connectivity index (χ2v) is 9.67. The van der Waals surface area contributed by atoms with Crippen molar-refractivity contribution in [1.82, 2.24) is 9.34 Å². The Morgan fingerprint density at radius 3 is 2.24 bits per heavy atom. The van der Waals surface area contributed by atoms with Gasteiger partial charge in [0.2, 0.25) is 0 Å². The van der Waals surface area contributed by atoms with E-state index in [1.54, 1.807) is 12.1 Å². The van der Waals surface area contributed by atoms with E-state index in [4.69, 9.17) is 4.52 Å². The zero-order valence-corrected chi connectivity index (χ0v) is 17.3. The number of nitrogens with zero attached hydrogens (tertiary/aromatic N) is 3. The minimum Gasteiger partial charge on any atom is -0.385 e. The lowest BCUT2D eigenvalue weighted by molar-refractivity contribution is -0.385. The van der Waals surface area contributed by atoms with E-state index in [-0.39, 0.29) is 17.2 Å². The molecule has 29 heavy (non-hydrogen) atoms. The van der Waals surface area contributed by atoms with Crippen molar-refractivity contribution in [2.45, 2.75) is 20.0 Å². The van der Waals surface area contributed by atoms with E-state index in [2.05, 4.69) is 5.32 Å². The molecule has 0 saturated carbocycles. The first-order valence-electron chi connectivity index (χ1n) is 9.84. The van der Waals surface area contributed by atoms with Crippen LogP contribution in [0.3, 0.4) is 0 Å². The predicted octanol–water partition coefficient (Wildman–Crippen LogP) is 3.87. The molecule has 0 spiro atoms. The molecule has 4 rings (SSSR count). The average Bonchev–Trinajstić information content (AvgIpc) is 3.59. The van der Waals surface area contributed by atoms with Gasteiger partial charge in [-0.15, -0.1) is 0 Å². The molecule has 0 aromatic heterocycles. The van der Waals surface area contributed by atoms with Crippen molar-refractivity contribution in [1.29, 1.82) is 0 Å². The Bertz CT molecular complexity index is 926. The molecule has 0 bridgehead atoms. The molecule has 2 fully saturated rings. The summed E-state index contributed by atoms with van der Waals surface area (Å²) < 4.78 is 22.6. The first-order valence-corrected chi connectivity index (χ1v) is 11.4. The fraction of sp³-hybridized carbons (Fsp3) is 0.400. The van der Waals surface area contributed by atoms with Gasteiger partial charge in [-0.2, -0.15) is 0 Å². The lowest BCUT2D eigenvalue weighted by Crippen LogP contribution is -2.08. The van der Waals surface area contributed by atoms with Crippen molar-refractivity contribution in [3.05, 3.63) is 69.3 Å². The van der Waals surface area contributed by atoms with Crippen LogP contribution in [0.5, 0.6) is 0 Å². The second kappa shape index (κ2) is 8.24. The van der Waals surface area contributed by atoms with Crippen molar-refractivity contribution in [2.24, 2.45) is 0 Å². The highest BCUT2D eigenvalue weighted by Gasteiger charge is 2.49. The van der Waals surface area contributed by atoms with Crippen LogP contribution < -0.4 is 5.32 Å². The molecule has 2 saturated heterocycles. The molecule has 2 aromatic carbocycles. The minimum absolute atomic E-state index is 0.0876. The van der Waals surface area contributed by atoms with E-state index in [1.807, 2.05) is 40.5 Å². The van der Waals surface area contributed by atoms with Gasteiger partial charge in [0, 0.05) is 56.5 Å². The highest BCUT2D eigenvalue weighted by atomic mass is 31.2. The summed E-state index contributed by atoms with van der Waals surface area (Å²) in [6, 6.07) is 12.9. The van der Waals surface area contributed by atoms with Crippen LogP contribution in [0.15, 0.2) is 42.5 Å². The number of nitrogens with one attached hydrogen (secondary N) is 1. The van der Waals surface area contributed by atoms with Gasteiger partial charge in [-0.05, 0) is 42.3 Å². The summed E-state index contributed by atoms with van der Waals surface area (Å²) in [7, 11) is -2.91. The van der Waals surface area contributed by atoms with Gasteiger partial charge < -0.3 is 9.84 Å². The molecule has 8 nitrogen and oxygen atoms in total. The van der Waals surface area contributed by atoms with Gasteiger partial charge in [-0.3, -0.25) is 14.7 Å². The highest BCUT2D eigenvalue weighted by Crippen LogP contribution is 2.61. The number of hydrogen-bond acceptors (Lipinski definition) is 5. The molecule has 0 amide bonds. The second-order valence-electron chi connectivity index (χ2n) is 7.30. The maximum Gasteiger partial charge on any atom is 0.346 e. The molecule has 0 atom stereocenters.